The van der Waals surface area contributed by atoms with Gasteiger partial charge in [0, 0.05) is 7.11 Å². The fourth-order valence-corrected chi connectivity index (χ4v) is 1.89. The van der Waals surface area contributed by atoms with Crippen molar-refractivity contribution in [2.24, 2.45) is 0 Å². The van der Waals surface area contributed by atoms with Gasteiger partial charge in [0.1, 0.15) is 6.61 Å². The van der Waals surface area contributed by atoms with Crippen LogP contribution in [0.3, 0.4) is 0 Å². The van der Waals surface area contributed by atoms with Crippen LogP contribution < -0.4 is 0 Å². The van der Waals surface area contributed by atoms with Crippen LogP contribution in [0.15, 0.2) is 30.3 Å². The van der Waals surface area contributed by atoms with Crippen LogP contribution in [0.25, 0.3) is 0 Å². The molecule has 1 saturated heterocycles. The Balaban J connectivity index is 1.79. The Hall–Kier alpha value is -1.55. The molecule has 4 nitrogen and oxygen atoms in total. The largest absolute Gasteiger partial charge is 0.445 e. The van der Waals surface area contributed by atoms with Gasteiger partial charge in [0.15, 0.2) is 0 Å². The molecule has 1 heterocycles. The number of methoxy groups -OCH3 is 1. The van der Waals surface area contributed by atoms with Crippen LogP contribution in [-0.4, -0.2) is 36.8 Å². The zero-order valence-electron chi connectivity index (χ0n) is 10.1. The highest BCUT2D eigenvalue weighted by atomic mass is 16.6. The number of benzene rings is 1. The molecule has 0 saturated carbocycles. The normalized spacial score (nSPS) is 23.1. The summed E-state index contributed by atoms with van der Waals surface area (Å²) < 4.78 is 10.4. The minimum absolute atomic E-state index is 0.100. The first-order chi connectivity index (χ1) is 8.22. The van der Waals surface area contributed by atoms with E-state index < -0.39 is 0 Å². The predicted molar refractivity (Wildman–Crippen MR) is 63.6 cm³/mol. The summed E-state index contributed by atoms with van der Waals surface area (Å²) in [7, 11) is 1.66. The third kappa shape index (κ3) is 2.58. The molecule has 1 fully saturated rings. The summed E-state index contributed by atoms with van der Waals surface area (Å²) >= 11 is 0. The smallest absolute Gasteiger partial charge is 0.410 e. The molecule has 0 aliphatic carbocycles. The molecule has 4 heteroatoms. The number of rotatable bonds is 3. The van der Waals surface area contributed by atoms with Crippen molar-refractivity contribution in [3.05, 3.63) is 35.9 Å². The van der Waals surface area contributed by atoms with Crippen molar-refractivity contribution in [3.8, 4) is 0 Å². The van der Waals surface area contributed by atoms with E-state index in [0.29, 0.717) is 13.2 Å². The summed E-state index contributed by atoms with van der Waals surface area (Å²) in [5, 5.41) is 0. The zero-order valence-corrected chi connectivity index (χ0v) is 10.1. The van der Waals surface area contributed by atoms with Gasteiger partial charge in [-0.25, -0.2) is 4.79 Å². The zero-order chi connectivity index (χ0) is 12.3. The first-order valence-corrected chi connectivity index (χ1v) is 5.72. The lowest BCUT2D eigenvalue weighted by Gasteiger charge is -2.44. The van der Waals surface area contributed by atoms with Crippen molar-refractivity contribution in [2.45, 2.75) is 25.7 Å². The average Bonchev–Trinajstić information content (AvgIpc) is 2.36. The van der Waals surface area contributed by atoms with E-state index in [2.05, 4.69) is 0 Å². The molecule has 1 aliphatic rings. The minimum Gasteiger partial charge on any atom is -0.445 e. The van der Waals surface area contributed by atoms with Crippen LogP contribution in [0.5, 0.6) is 0 Å². The maximum Gasteiger partial charge on any atom is 0.410 e. The topological polar surface area (TPSA) is 38.8 Å². The lowest BCUT2D eigenvalue weighted by atomic mass is 10.0. The van der Waals surface area contributed by atoms with Crippen molar-refractivity contribution < 1.29 is 14.3 Å². The van der Waals surface area contributed by atoms with Crippen LogP contribution in [0, 0.1) is 0 Å². The maximum atomic E-state index is 11.7. The van der Waals surface area contributed by atoms with Gasteiger partial charge in [-0.3, -0.25) is 0 Å². The SMILES string of the molecule is COC1CN(C(=O)OCc2ccccc2)C1C. The molecule has 2 rings (SSSR count). The fourth-order valence-electron chi connectivity index (χ4n) is 1.89. The monoisotopic (exact) mass is 235 g/mol. The molecule has 1 aromatic rings. The summed E-state index contributed by atoms with van der Waals surface area (Å²) in [6.45, 7) is 2.90. The highest BCUT2D eigenvalue weighted by molar-refractivity contribution is 5.69. The van der Waals surface area contributed by atoms with Crippen molar-refractivity contribution in [2.75, 3.05) is 13.7 Å². The molecule has 0 N–H and O–H groups in total. The summed E-state index contributed by atoms with van der Waals surface area (Å²) in [6, 6.07) is 9.76. The van der Waals surface area contributed by atoms with Crippen LogP contribution in [-0.2, 0) is 16.1 Å². The van der Waals surface area contributed by atoms with Gasteiger partial charge < -0.3 is 14.4 Å². The Labute approximate surface area is 101 Å². The Bertz CT molecular complexity index is 380. The Morgan fingerprint density at radius 2 is 2.12 bits per heavy atom. The molecule has 2 unspecified atom stereocenters. The lowest BCUT2D eigenvalue weighted by molar-refractivity contribution is -0.0693. The molecule has 2 atom stereocenters. The van der Waals surface area contributed by atoms with Crippen molar-refractivity contribution >= 4 is 6.09 Å². The van der Waals surface area contributed by atoms with Gasteiger partial charge in [0.05, 0.1) is 18.7 Å². The molecule has 92 valence electrons. The maximum absolute atomic E-state index is 11.7. The molecule has 0 bridgehead atoms. The van der Waals surface area contributed by atoms with E-state index in [1.807, 2.05) is 37.3 Å². The van der Waals surface area contributed by atoms with Gasteiger partial charge in [-0.2, -0.15) is 0 Å². The second-order valence-electron chi connectivity index (χ2n) is 4.21. The third-order valence-corrected chi connectivity index (χ3v) is 3.15. The Morgan fingerprint density at radius 1 is 1.41 bits per heavy atom. The van der Waals surface area contributed by atoms with E-state index >= 15 is 0 Å². The number of amides is 1. The number of hydrogen-bond donors (Lipinski definition) is 0. The molecule has 0 radical (unpaired) electrons. The van der Waals surface area contributed by atoms with E-state index in [1.54, 1.807) is 12.0 Å². The van der Waals surface area contributed by atoms with E-state index in [1.165, 1.54) is 0 Å². The standard InChI is InChI=1S/C13H17NO3/c1-10-12(16-2)8-14(10)13(15)17-9-11-6-4-3-5-7-11/h3-7,10,12H,8-9H2,1-2H3. The molecule has 0 aromatic heterocycles. The molecule has 0 spiro atoms. The number of hydrogen-bond acceptors (Lipinski definition) is 3. The second kappa shape index (κ2) is 5.19. The third-order valence-electron chi connectivity index (χ3n) is 3.15. The number of likely N-dealkylation sites (tertiary alicyclic amines) is 1. The second-order valence-corrected chi connectivity index (χ2v) is 4.21. The van der Waals surface area contributed by atoms with E-state index in [-0.39, 0.29) is 18.2 Å². The molecule has 1 aliphatic heterocycles. The molecular weight excluding hydrogens is 218 g/mol. The highest BCUT2D eigenvalue weighted by Gasteiger charge is 2.39. The Kier molecular flexibility index (Phi) is 3.64. The first-order valence-electron chi connectivity index (χ1n) is 5.72. The molecule has 17 heavy (non-hydrogen) atoms. The number of ether oxygens (including phenoxy) is 2. The van der Waals surface area contributed by atoms with Gasteiger partial charge in [-0.1, -0.05) is 30.3 Å². The van der Waals surface area contributed by atoms with E-state index in [4.69, 9.17) is 9.47 Å². The van der Waals surface area contributed by atoms with Gasteiger partial charge in [-0.05, 0) is 12.5 Å². The Morgan fingerprint density at radius 3 is 2.71 bits per heavy atom. The molecular formula is C13H17NO3. The average molecular weight is 235 g/mol. The quantitative estimate of drug-likeness (QED) is 0.804. The number of nitrogens with zero attached hydrogens (tertiary/aromatic N) is 1. The summed E-state index contributed by atoms with van der Waals surface area (Å²) in [4.78, 5) is 13.4. The summed E-state index contributed by atoms with van der Waals surface area (Å²) in [5.41, 5.74) is 0.998. The fraction of sp³-hybridized carbons (Fsp3) is 0.462. The van der Waals surface area contributed by atoms with Crippen LogP contribution in [0.2, 0.25) is 0 Å². The number of carbonyl (C=O) groups is 1. The van der Waals surface area contributed by atoms with Gasteiger partial charge in [0.2, 0.25) is 0 Å². The molecule has 1 amide bonds. The van der Waals surface area contributed by atoms with Gasteiger partial charge in [-0.15, -0.1) is 0 Å². The van der Waals surface area contributed by atoms with Crippen LogP contribution >= 0.6 is 0 Å². The summed E-state index contributed by atoms with van der Waals surface area (Å²) in [6.07, 6.45) is -0.131. The lowest BCUT2D eigenvalue weighted by Crippen LogP contribution is -2.61. The van der Waals surface area contributed by atoms with Gasteiger partial charge >= 0.3 is 6.09 Å². The van der Waals surface area contributed by atoms with Crippen LogP contribution in [0.1, 0.15) is 12.5 Å². The summed E-state index contributed by atoms with van der Waals surface area (Å²) in [5.74, 6) is 0. The van der Waals surface area contributed by atoms with Crippen LogP contribution in [0.4, 0.5) is 4.79 Å². The van der Waals surface area contributed by atoms with Crippen molar-refractivity contribution in [1.82, 2.24) is 4.90 Å². The van der Waals surface area contributed by atoms with E-state index in [9.17, 15) is 4.79 Å². The molecule has 1 aromatic carbocycles. The van der Waals surface area contributed by atoms with E-state index in [0.717, 1.165) is 5.56 Å². The van der Waals surface area contributed by atoms with Crippen molar-refractivity contribution in [1.29, 1.82) is 0 Å². The van der Waals surface area contributed by atoms with Crippen molar-refractivity contribution in [3.63, 3.8) is 0 Å². The first kappa shape index (κ1) is 11.9. The highest BCUT2D eigenvalue weighted by Crippen LogP contribution is 2.21. The predicted octanol–water partition coefficient (Wildman–Crippen LogP) is 2.04. The van der Waals surface area contributed by atoms with Gasteiger partial charge in [0.25, 0.3) is 0 Å². The minimum atomic E-state index is -0.269. The number of carbonyl (C=O) groups excluding carboxylic acids is 1.